The smallest absolute Gasteiger partial charge is 0.165 e. The Morgan fingerprint density at radius 1 is 1.33 bits per heavy atom. The van der Waals surface area contributed by atoms with Gasteiger partial charge in [-0.3, -0.25) is 4.79 Å². The minimum absolute atomic E-state index is 0.113. The Morgan fingerprint density at radius 3 is 2.53 bits per heavy atom. The summed E-state index contributed by atoms with van der Waals surface area (Å²) in [6.07, 6.45) is 2.35. The number of benzene rings is 1. The topological polar surface area (TPSA) is 17.1 Å². The monoisotopic (exact) mass is 242 g/mol. The van der Waals surface area contributed by atoms with Crippen molar-refractivity contribution in [2.75, 3.05) is 0 Å². The summed E-state index contributed by atoms with van der Waals surface area (Å²) >= 11 is 11.7. The van der Waals surface area contributed by atoms with Gasteiger partial charge in [0.1, 0.15) is 0 Å². The number of hydrogen-bond acceptors (Lipinski definition) is 1. The summed E-state index contributed by atoms with van der Waals surface area (Å²) in [4.78, 5) is 12.0. The maximum absolute atomic E-state index is 12.0. The molecule has 1 aromatic carbocycles. The maximum Gasteiger partial charge on any atom is 0.165 e. The lowest BCUT2D eigenvalue weighted by atomic mass is 9.95. The van der Waals surface area contributed by atoms with E-state index < -0.39 is 0 Å². The summed E-state index contributed by atoms with van der Waals surface area (Å²) in [5.41, 5.74) is 0.670. The van der Waals surface area contributed by atoms with Crippen LogP contribution in [-0.4, -0.2) is 5.78 Å². The normalized spacial score (nSPS) is 17.5. The van der Waals surface area contributed by atoms with Crippen molar-refractivity contribution in [1.82, 2.24) is 0 Å². The van der Waals surface area contributed by atoms with Gasteiger partial charge in [0, 0.05) is 11.5 Å². The third-order valence-corrected chi connectivity index (χ3v) is 3.69. The van der Waals surface area contributed by atoms with E-state index in [1.54, 1.807) is 18.2 Å². The molecule has 0 aromatic heterocycles. The SMILES string of the molecule is CC(C(=O)c1ccc(Cl)c(Cl)c1)C1CC1. The van der Waals surface area contributed by atoms with E-state index in [1.807, 2.05) is 6.92 Å². The van der Waals surface area contributed by atoms with Gasteiger partial charge in [-0.2, -0.15) is 0 Å². The van der Waals surface area contributed by atoms with Crippen LogP contribution in [0.1, 0.15) is 30.1 Å². The van der Waals surface area contributed by atoms with E-state index in [1.165, 1.54) is 12.8 Å². The van der Waals surface area contributed by atoms with Crippen LogP contribution in [0.4, 0.5) is 0 Å². The fraction of sp³-hybridized carbons (Fsp3) is 0.417. The summed E-state index contributed by atoms with van der Waals surface area (Å²) in [5, 5.41) is 0.942. The molecule has 0 saturated heterocycles. The van der Waals surface area contributed by atoms with Crippen LogP contribution in [0.15, 0.2) is 18.2 Å². The lowest BCUT2D eigenvalue weighted by molar-refractivity contribution is 0.0916. The number of ketones is 1. The molecule has 0 heterocycles. The van der Waals surface area contributed by atoms with E-state index in [2.05, 4.69) is 0 Å². The molecule has 1 aliphatic carbocycles. The highest BCUT2D eigenvalue weighted by Gasteiger charge is 2.32. The van der Waals surface area contributed by atoms with E-state index in [4.69, 9.17) is 23.2 Å². The van der Waals surface area contributed by atoms with Gasteiger partial charge in [-0.05, 0) is 37.0 Å². The maximum atomic E-state index is 12.0. The molecule has 1 saturated carbocycles. The van der Waals surface area contributed by atoms with Crippen molar-refractivity contribution >= 4 is 29.0 Å². The van der Waals surface area contributed by atoms with Crippen LogP contribution in [0, 0.1) is 11.8 Å². The van der Waals surface area contributed by atoms with Crippen LogP contribution in [-0.2, 0) is 0 Å². The van der Waals surface area contributed by atoms with Crippen LogP contribution >= 0.6 is 23.2 Å². The quantitative estimate of drug-likeness (QED) is 0.726. The Kier molecular flexibility index (Phi) is 3.03. The number of carbonyl (C=O) groups excluding carboxylic acids is 1. The zero-order valence-electron chi connectivity index (χ0n) is 8.47. The summed E-state index contributed by atoms with van der Waals surface area (Å²) < 4.78 is 0. The first-order valence-electron chi connectivity index (χ1n) is 5.09. The first-order valence-corrected chi connectivity index (χ1v) is 5.84. The first-order chi connectivity index (χ1) is 7.09. The van der Waals surface area contributed by atoms with E-state index in [-0.39, 0.29) is 11.7 Å². The molecule has 1 aliphatic rings. The molecular formula is C12H12Cl2O. The van der Waals surface area contributed by atoms with Gasteiger partial charge in [0.05, 0.1) is 10.0 Å². The molecule has 2 rings (SSSR count). The molecular weight excluding hydrogens is 231 g/mol. The van der Waals surface area contributed by atoms with Crippen LogP contribution < -0.4 is 0 Å². The second kappa shape index (κ2) is 4.15. The molecule has 1 aromatic rings. The average molecular weight is 243 g/mol. The minimum atomic E-state index is 0.113. The highest BCUT2D eigenvalue weighted by Crippen LogP contribution is 2.38. The Labute approximate surface area is 99.4 Å². The molecule has 15 heavy (non-hydrogen) atoms. The highest BCUT2D eigenvalue weighted by atomic mass is 35.5. The summed E-state index contributed by atoms with van der Waals surface area (Å²) in [6, 6.07) is 5.08. The van der Waals surface area contributed by atoms with Crippen molar-refractivity contribution in [3.8, 4) is 0 Å². The lowest BCUT2D eigenvalue weighted by Crippen LogP contribution is -2.13. The predicted octanol–water partition coefficient (Wildman–Crippen LogP) is 4.22. The molecule has 0 N–H and O–H groups in total. The predicted molar refractivity (Wildman–Crippen MR) is 62.7 cm³/mol. The Balaban J connectivity index is 2.21. The van der Waals surface area contributed by atoms with Gasteiger partial charge in [0.2, 0.25) is 0 Å². The Hall–Kier alpha value is -0.530. The van der Waals surface area contributed by atoms with Gasteiger partial charge in [0.25, 0.3) is 0 Å². The Bertz CT molecular complexity index is 397. The van der Waals surface area contributed by atoms with Gasteiger partial charge < -0.3 is 0 Å². The van der Waals surface area contributed by atoms with Gasteiger partial charge in [-0.15, -0.1) is 0 Å². The minimum Gasteiger partial charge on any atom is -0.294 e. The molecule has 3 heteroatoms. The van der Waals surface area contributed by atoms with Crippen molar-refractivity contribution in [1.29, 1.82) is 0 Å². The third kappa shape index (κ3) is 2.35. The van der Waals surface area contributed by atoms with Crippen LogP contribution in [0.3, 0.4) is 0 Å². The summed E-state index contributed by atoms with van der Waals surface area (Å²) in [7, 11) is 0. The van der Waals surface area contributed by atoms with Gasteiger partial charge in [-0.1, -0.05) is 30.1 Å². The van der Waals surface area contributed by atoms with Crippen molar-refractivity contribution in [3.63, 3.8) is 0 Å². The lowest BCUT2D eigenvalue weighted by Gasteiger charge is -2.09. The number of hydrogen-bond donors (Lipinski definition) is 0. The molecule has 0 aliphatic heterocycles. The molecule has 1 nitrogen and oxygen atoms in total. The largest absolute Gasteiger partial charge is 0.294 e. The fourth-order valence-corrected chi connectivity index (χ4v) is 2.02. The fourth-order valence-electron chi connectivity index (χ4n) is 1.72. The van der Waals surface area contributed by atoms with Crippen molar-refractivity contribution in [2.24, 2.45) is 11.8 Å². The molecule has 1 unspecified atom stereocenters. The van der Waals surface area contributed by atoms with Crippen molar-refractivity contribution < 1.29 is 4.79 Å². The van der Waals surface area contributed by atoms with Crippen LogP contribution in [0.2, 0.25) is 10.0 Å². The Morgan fingerprint density at radius 2 is 2.00 bits per heavy atom. The van der Waals surface area contributed by atoms with E-state index in [0.717, 1.165) is 0 Å². The van der Waals surface area contributed by atoms with Crippen LogP contribution in [0.5, 0.6) is 0 Å². The zero-order valence-corrected chi connectivity index (χ0v) is 9.98. The number of rotatable bonds is 3. The van der Waals surface area contributed by atoms with Gasteiger partial charge >= 0.3 is 0 Å². The van der Waals surface area contributed by atoms with E-state index in [9.17, 15) is 4.79 Å². The van der Waals surface area contributed by atoms with Gasteiger partial charge in [0.15, 0.2) is 5.78 Å². The average Bonchev–Trinajstić information content (AvgIpc) is 3.03. The molecule has 80 valence electrons. The molecule has 1 atom stereocenters. The van der Waals surface area contributed by atoms with Crippen LogP contribution in [0.25, 0.3) is 0 Å². The number of carbonyl (C=O) groups is 1. The summed E-state index contributed by atoms with van der Waals surface area (Å²) in [5.74, 6) is 0.866. The van der Waals surface area contributed by atoms with E-state index in [0.29, 0.717) is 21.5 Å². The molecule has 0 bridgehead atoms. The zero-order chi connectivity index (χ0) is 11.0. The number of halogens is 2. The molecule has 0 amide bonds. The standard InChI is InChI=1S/C12H12Cl2O/c1-7(8-2-3-8)12(15)9-4-5-10(13)11(14)6-9/h4-8H,2-3H2,1H3. The molecule has 0 radical (unpaired) electrons. The highest BCUT2D eigenvalue weighted by molar-refractivity contribution is 6.42. The van der Waals surface area contributed by atoms with Gasteiger partial charge in [-0.25, -0.2) is 0 Å². The third-order valence-electron chi connectivity index (χ3n) is 2.95. The van der Waals surface area contributed by atoms with E-state index >= 15 is 0 Å². The molecule has 0 spiro atoms. The molecule has 1 fully saturated rings. The second-order valence-corrected chi connectivity index (χ2v) is 4.93. The number of Topliss-reactive ketones (excluding diaryl/α,β-unsaturated/α-hetero) is 1. The van der Waals surface area contributed by atoms with Crippen molar-refractivity contribution in [3.05, 3.63) is 33.8 Å². The summed E-state index contributed by atoms with van der Waals surface area (Å²) in [6.45, 7) is 1.99. The second-order valence-electron chi connectivity index (χ2n) is 4.12. The first kappa shape index (κ1) is 11.0. The van der Waals surface area contributed by atoms with Crippen molar-refractivity contribution in [2.45, 2.75) is 19.8 Å².